The maximum atomic E-state index is 11.9. The number of carbonyl (C=O) groups excluding carboxylic acids is 1. The van der Waals surface area contributed by atoms with E-state index >= 15 is 0 Å². The smallest absolute Gasteiger partial charge is 0.285 e. The average Bonchev–Trinajstić information content (AvgIpc) is 3.06. The molecular weight excluding hydrogens is 422 g/mol. The van der Waals surface area contributed by atoms with Crippen molar-refractivity contribution in [2.45, 2.75) is 4.90 Å². The number of nitrogens with one attached hydrogen (secondary N) is 1. The molecule has 0 aliphatic rings. The summed E-state index contributed by atoms with van der Waals surface area (Å²) in [7, 11) is -3.80. The molecule has 8 nitrogen and oxygen atoms in total. The van der Waals surface area contributed by atoms with Crippen LogP contribution in [0, 0.1) is 0 Å². The molecule has 0 radical (unpaired) electrons. The van der Waals surface area contributed by atoms with Gasteiger partial charge in [0.05, 0.1) is 16.3 Å². The Morgan fingerprint density at radius 2 is 1.69 bits per heavy atom. The first kappa shape index (κ1) is 18.3. The molecule has 0 fully saturated rings. The highest BCUT2D eigenvalue weighted by molar-refractivity contribution is 9.10. The average molecular weight is 436 g/mol. The summed E-state index contributed by atoms with van der Waals surface area (Å²) < 4.78 is 25.3. The van der Waals surface area contributed by atoms with Gasteiger partial charge < -0.3 is 0 Å². The van der Waals surface area contributed by atoms with Crippen molar-refractivity contribution >= 4 is 31.9 Å². The molecule has 1 amide bonds. The number of amides is 1. The number of hydrogen-bond acceptors (Lipinski definition) is 5. The van der Waals surface area contributed by atoms with Gasteiger partial charge in [-0.1, -0.05) is 28.1 Å². The normalized spacial score (nSPS) is 11.3. The Bertz CT molecular complexity index is 1060. The van der Waals surface area contributed by atoms with Crippen LogP contribution in [0.15, 0.2) is 64.0 Å². The first-order valence-electron chi connectivity index (χ1n) is 7.30. The second-order valence-corrected chi connectivity index (χ2v) is 7.82. The third-order valence-electron chi connectivity index (χ3n) is 3.62. The van der Waals surface area contributed by atoms with Crippen LogP contribution in [0.4, 0.5) is 0 Å². The fourth-order valence-corrected chi connectivity index (χ4v) is 3.15. The van der Waals surface area contributed by atoms with E-state index < -0.39 is 15.9 Å². The quantitative estimate of drug-likeness (QED) is 0.324. The third-order valence-corrected chi connectivity index (χ3v) is 5.08. The number of benzene rings is 2. The van der Waals surface area contributed by atoms with Crippen molar-refractivity contribution in [3.63, 3.8) is 0 Å². The molecular formula is C16H14BrN5O3S. The summed E-state index contributed by atoms with van der Waals surface area (Å²) in [5.74, 6) is 4.65. The molecule has 0 aliphatic carbocycles. The Kier molecular flexibility index (Phi) is 4.92. The van der Waals surface area contributed by atoms with E-state index in [1.54, 1.807) is 18.2 Å². The van der Waals surface area contributed by atoms with Crippen molar-refractivity contribution in [1.82, 2.24) is 15.2 Å². The second-order valence-electron chi connectivity index (χ2n) is 5.35. The third kappa shape index (κ3) is 3.68. The molecule has 26 heavy (non-hydrogen) atoms. The first-order valence-corrected chi connectivity index (χ1v) is 9.64. The maximum absolute atomic E-state index is 11.9. The number of hydrogen-bond donors (Lipinski definition) is 3. The van der Waals surface area contributed by atoms with Gasteiger partial charge in [-0.05, 0) is 42.5 Å². The molecule has 0 aliphatic heterocycles. The fourth-order valence-electron chi connectivity index (χ4n) is 2.37. The Morgan fingerprint density at radius 3 is 2.23 bits per heavy atom. The summed E-state index contributed by atoms with van der Waals surface area (Å²) >= 11 is 3.38. The van der Waals surface area contributed by atoms with Crippen molar-refractivity contribution in [1.29, 1.82) is 0 Å². The lowest BCUT2D eigenvalue weighted by Crippen LogP contribution is -2.30. The zero-order valence-corrected chi connectivity index (χ0v) is 15.7. The van der Waals surface area contributed by atoms with Crippen LogP contribution in [0.1, 0.15) is 10.5 Å². The van der Waals surface area contributed by atoms with Gasteiger partial charge in [0.2, 0.25) is 10.0 Å². The van der Waals surface area contributed by atoms with Crippen molar-refractivity contribution in [2.75, 3.05) is 0 Å². The van der Waals surface area contributed by atoms with Crippen LogP contribution in [-0.2, 0) is 10.0 Å². The number of primary sulfonamides is 1. The Balaban J connectivity index is 2.14. The lowest BCUT2D eigenvalue weighted by Gasteiger charge is -2.08. The molecule has 0 atom stereocenters. The minimum absolute atomic E-state index is 0.0153. The molecule has 0 saturated carbocycles. The van der Waals surface area contributed by atoms with E-state index in [0.717, 1.165) is 10.0 Å². The minimum Gasteiger partial charge on any atom is -0.289 e. The molecule has 10 heteroatoms. The second kappa shape index (κ2) is 7.00. The summed E-state index contributed by atoms with van der Waals surface area (Å²) in [6.07, 6.45) is 0. The number of carbonyl (C=O) groups is 1. The van der Waals surface area contributed by atoms with Gasteiger partial charge in [-0.3, -0.25) is 10.2 Å². The van der Waals surface area contributed by atoms with Crippen LogP contribution in [0.5, 0.6) is 0 Å². The largest absolute Gasteiger partial charge is 0.289 e. The number of rotatable bonds is 4. The molecule has 1 aromatic heterocycles. The summed E-state index contributed by atoms with van der Waals surface area (Å²) in [6, 6.07) is 14.9. The van der Waals surface area contributed by atoms with Crippen LogP contribution in [0.3, 0.4) is 0 Å². The van der Waals surface area contributed by atoms with Crippen LogP contribution < -0.4 is 16.4 Å². The van der Waals surface area contributed by atoms with E-state index in [-0.39, 0.29) is 10.6 Å². The molecule has 134 valence electrons. The first-order chi connectivity index (χ1) is 12.3. The van der Waals surface area contributed by atoms with Gasteiger partial charge in [0.25, 0.3) is 5.91 Å². The molecule has 3 rings (SSSR count). The van der Waals surface area contributed by atoms with Crippen LogP contribution in [-0.4, -0.2) is 24.1 Å². The van der Waals surface area contributed by atoms with Gasteiger partial charge >= 0.3 is 0 Å². The number of hydrazine groups is 1. The molecule has 2 aromatic carbocycles. The van der Waals surface area contributed by atoms with E-state index in [1.165, 1.54) is 16.8 Å². The van der Waals surface area contributed by atoms with Gasteiger partial charge in [0, 0.05) is 10.0 Å². The lowest BCUT2D eigenvalue weighted by molar-refractivity contribution is 0.0948. The predicted molar refractivity (Wildman–Crippen MR) is 99.7 cm³/mol. The van der Waals surface area contributed by atoms with Crippen molar-refractivity contribution in [2.24, 2.45) is 11.0 Å². The summed E-state index contributed by atoms with van der Waals surface area (Å²) in [6.45, 7) is 0. The van der Waals surface area contributed by atoms with Gasteiger partial charge in [0.1, 0.15) is 0 Å². The van der Waals surface area contributed by atoms with Gasteiger partial charge in [0.15, 0.2) is 5.69 Å². The zero-order valence-electron chi connectivity index (χ0n) is 13.3. The molecule has 0 saturated heterocycles. The number of halogens is 1. The Labute approximate surface area is 158 Å². The van der Waals surface area contributed by atoms with Crippen molar-refractivity contribution in [3.8, 4) is 16.9 Å². The van der Waals surface area contributed by atoms with E-state index in [0.29, 0.717) is 11.4 Å². The lowest BCUT2D eigenvalue weighted by atomic mass is 10.1. The van der Waals surface area contributed by atoms with Gasteiger partial charge in [-0.25, -0.2) is 24.1 Å². The van der Waals surface area contributed by atoms with E-state index in [1.807, 2.05) is 29.7 Å². The van der Waals surface area contributed by atoms with Crippen LogP contribution in [0.2, 0.25) is 0 Å². The Morgan fingerprint density at radius 1 is 1.08 bits per heavy atom. The number of aromatic nitrogens is 2. The number of nitrogen functional groups attached to an aromatic ring is 1. The molecule has 0 bridgehead atoms. The van der Waals surface area contributed by atoms with Gasteiger partial charge in [-0.15, -0.1) is 0 Å². The van der Waals surface area contributed by atoms with E-state index in [2.05, 4.69) is 21.0 Å². The van der Waals surface area contributed by atoms with E-state index in [9.17, 15) is 13.2 Å². The molecule has 0 unspecified atom stereocenters. The van der Waals surface area contributed by atoms with E-state index in [4.69, 9.17) is 11.0 Å². The SMILES string of the molecule is NNC(=O)c1cc(-c2ccc(Br)cc2)n(-c2ccc(S(N)(=O)=O)cc2)n1. The summed E-state index contributed by atoms with van der Waals surface area (Å²) in [5.41, 5.74) is 4.18. The zero-order chi connectivity index (χ0) is 18.9. The Hall–Kier alpha value is -2.53. The van der Waals surface area contributed by atoms with Gasteiger partial charge in [-0.2, -0.15) is 5.10 Å². The highest BCUT2D eigenvalue weighted by atomic mass is 79.9. The predicted octanol–water partition coefficient (Wildman–Crippen LogP) is 1.55. The van der Waals surface area contributed by atoms with Crippen LogP contribution in [0.25, 0.3) is 16.9 Å². The number of sulfonamides is 1. The highest BCUT2D eigenvalue weighted by Gasteiger charge is 2.17. The molecule has 0 spiro atoms. The highest BCUT2D eigenvalue weighted by Crippen LogP contribution is 2.26. The molecule has 3 aromatic rings. The minimum atomic E-state index is -3.80. The maximum Gasteiger partial charge on any atom is 0.285 e. The topological polar surface area (TPSA) is 133 Å². The fraction of sp³-hybridized carbons (Fsp3) is 0. The van der Waals surface area contributed by atoms with Crippen molar-refractivity contribution < 1.29 is 13.2 Å². The molecule has 5 N–H and O–H groups in total. The number of nitrogens with two attached hydrogens (primary N) is 2. The monoisotopic (exact) mass is 435 g/mol. The standard InChI is InChI=1S/C16H14BrN5O3S/c17-11-3-1-10(2-4-11)15-9-14(16(23)20-18)21-22(15)12-5-7-13(8-6-12)26(19,24)25/h1-9H,18H2,(H,20,23)(H2,19,24,25). The summed E-state index contributed by atoms with van der Waals surface area (Å²) in [5, 5.41) is 9.40. The number of nitrogens with zero attached hydrogens (tertiary/aromatic N) is 2. The van der Waals surface area contributed by atoms with Crippen molar-refractivity contribution in [3.05, 3.63) is 64.8 Å². The molecule has 1 heterocycles. The summed E-state index contributed by atoms with van der Waals surface area (Å²) in [4.78, 5) is 11.9. The van der Waals surface area contributed by atoms with Crippen LogP contribution >= 0.6 is 15.9 Å².